The molecule has 0 rings (SSSR count). The van der Waals surface area contributed by atoms with E-state index in [-0.39, 0.29) is 45.6 Å². The second-order valence-electron chi connectivity index (χ2n) is 0.448. The molecule has 0 fully saturated rings. The third kappa shape index (κ3) is 113. The molecule has 0 aliphatic carbocycles. The zero-order chi connectivity index (χ0) is 4.50. The SMILES string of the molecule is O=S(=O)(O)O.[GaH3].[InH3]. The Bertz CT molecular complexity index is 94.9. The zero-order valence-electron chi connectivity index (χ0n) is 2.12. The summed E-state index contributed by atoms with van der Waals surface area (Å²) in [6.07, 6.45) is 0. The number of hydrogen-bond donors (Lipinski definition) is 2. The van der Waals surface area contributed by atoms with Gasteiger partial charge in [-0.2, -0.15) is 8.42 Å². The molecule has 4 nitrogen and oxygen atoms in total. The summed E-state index contributed by atoms with van der Waals surface area (Å²) in [6.45, 7) is 0. The Kier molecular flexibility index (Phi) is 12.4. The molecule has 7 heteroatoms. The normalized spacial score (nSPS) is 8.29. The first kappa shape index (κ1) is 15.8. The molecule has 0 spiro atoms. The van der Waals surface area contributed by atoms with E-state index in [1.54, 1.807) is 0 Å². The van der Waals surface area contributed by atoms with E-state index >= 15 is 0 Å². The topological polar surface area (TPSA) is 74.6 Å². The fourth-order valence-corrected chi connectivity index (χ4v) is 0. The average molecular weight is 289 g/mol. The van der Waals surface area contributed by atoms with Gasteiger partial charge >= 0.3 is 56.0 Å². The zero-order valence-corrected chi connectivity index (χ0v) is 2.94. The van der Waals surface area contributed by atoms with Gasteiger partial charge in [0.15, 0.2) is 0 Å². The predicted octanol–water partition coefficient (Wildman–Crippen LogP) is -3.02. The summed E-state index contributed by atoms with van der Waals surface area (Å²) in [6, 6.07) is 0. The van der Waals surface area contributed by atoms with E-state index in [1.165, 1.54) is 0 Å². The second kappa shape index (κ2) is 5.51. The van der Waals surface area contributed by atoms with Crippen molar-refractivity contribution in [2.75, 3.05) is 0 Å². The molecular formula is H8GaInO4S. The quantitative estimate of drug-likeness (QED) is 0.368. The molecule has 0 aromatic carbocycles. The van der Waals surface area contributed by atoms with E-state index < -0.39 is 10.4 Å². The van der Waals surface area contributed by atoms with Crippen molar-refractivity contribution >= 4 is 56.0 Å². The van der Waals surface area contributed by atoms with Crippen LogP contribution in [0.25, 0.3) is 0 Å². The van der Waals surface area contributed by atoms with Crippen molar-refractivity contribution in [1.29, 1.82) is 0 Å². The number of hydrogen-bond acceptors (Lipinski definition) is 2. The molecule has 0 heterocycles. The predicted molar refractivity (Wildman–Crippen MR) is 34.1 cm³/mol. The van der Waals surface area contributed by atoms with Crippen LogP contribution in [0.5, 0.6) is 0 Å². The van der Waals surface area contributed by atoms with Crippen LogP contribution in [0.3, 0.4) is 0 Å². The maximum absolute atomic E-state index is 8.74. The van der Waals surface area contributed by atoms with E-state index in [1.807, 2.05) is 0 Å². The average Bonchev–Trinajstić information content (AvgIpc) is 0.722. The van der Waals surface area contributed by atoms with Crippen molar-refractivity contribution in [3.63, 3.8) is 0 Å². The van der Waals surface area contributed by atoms with Crippen molar-refractivity contribution in [3.05, 3.63) is 0 Å². The Balaban J connectivity index is -0.0000000800. The first-order valence-corrected chi connectivity index (χ1v) is 2.10. The van der Waals surface area contributed by atoms with E-state index in [4.69, 9.17) is 17.5 Å². The molecule has 0 bridgehead atoms. The number of rotatable bonds is 0. The van der Waals surface area contributed by atoms with Gasteiger partial charge in [-0.1, -0.05) is 0 Å². The van der Waals surface area contributed by atoms with Gasteiger partial charge in [0, 0.05) is 0 Å². The summed E-state index contributed by atoms with van der Waals surface area (Å²) in [5.74, 6) is 0. The molecule has 0 aliphatic rings. The monoisotopic (exact) mass is 288 g/mol. The molecule has 0 radical (unpaired) electrons. The third-order valence-corrected chi connectivity index (χ3v) is 0. The Hall–Kier alpha value is 1.38. The third-order valence-electron chi connectivity index (χ3n) is 0. The van der Waals surface area contributed by atoms with Crippen LogP contribution < -0.4 is 0 Å². The van der Waals surface area contributed by atoms with E-state index in [0.29, 0.717) is 0 Å². The Labute approximate surface area is 73.1 Å². The molecule has 0 aromatic rings. The van der Waals surface area contributed by atoms with Crippen molar-refractivity contribution in [2.45, 2.75) is 0 Å². The first-order chi connectivity index (χ1) is 2.00. The van der Waals surface area contributed by atoms with E-state index in [2.05, 4.69) is 0 Å². The van der Waals surface area contributed by atoms with Crippen LogP contribution in [-0.2, 0) is 10.4 Å². The van der Waals surface area contributed by atoms with Crippen LogP contribution in [0.2, 0.25) is 0 Å². The van der Waals surface area contributed by atoms with Gasteiger partial charge in [0.2, 0.25) is 0 Å². The standard InChI is InChI=1S/Ga.In.H2O4S.6H/c;;1-5(2,3)4;;;;;;/h;;(H2,1,2,3,4);;;;;;. The van der Waals surface area contributed by atoms with Gasteiger partial charge in [-0.3, -0.25) is 9.11 Å². The van der Waals surface area contributed by atoms with Crippen LogP contribution in [0.4, 0.5) is 0 Å². The molecule has 0 aromatic heterocycles. The molecule has 0 saturated heterocycles. The molecule has 0 atom stereocenters. The molecule has 7 heavy (non-hydrogen) atoms. The van der Waals surface area contributed by atoms with Gasteiger partial charge in [0.1, 0.15) is 0 Å². The molecular weight excluding hydrogens is 281 g/mol. The molecule has 0 unspecified atom stereocenters. The van der Waals surface area contributed by atoms with Gasteiger partial charge in [-0.05, 0) is 0 Å². The minimum absolute atomic E-state index is 0. The van der Waals surface area contributed by atoms with E-state index in [0.717, 1.165) is 0 Å². The Morgan fingerprint density at radius 2 is 1.14 bits per heavy atom. The van der Waals surface area contributed by atoms with E-state index in [9.17, 15) is 0 Å². The fourth-order valence-electron chi connectivity index (χ4n) is 0. The van der Waals surface area contributed by atoms with Crippen molar-refractivity contribution in [3.8, 4) is 0 Å². The van der Waals surface area contributed by atoms with Crippen molar-refractivity contribution in [2.24, 2.45) is 0 Å². The second-order valence-corrected chi connectivity index (χ2v) is 1.34. The summed E-state index contributed by atoms with van der Waals surface area (Å²) in [5.41, 5.74) is 0. The Morgan fingerprint density at radius 1 is 1.14 bits per heavy atom. The molecule has 2 N–H and O–H groups in total. The first-order valence-electron chi connectivity index (χ1n) is 0.698. The van der Waals surface area contributed by atoms with Crippen LogP contribution in [0.1, 0.15) is 0 Å². The van der Waals surface area contributed by atoms with Crippen LogP contribution in [-0.4, -0.2) is 63.2 Å². The Morgan fingerprint density at radius 3 is 1.14 bits per heavy atom. The summed E-state index contributed by atoms with van der Waals surface area (Å²) in [4.78, 5) is 0. The van der Waals surface area contributed by atoms with Crippen molar-refractivity contribution < 1.29 is 17.5 Å². The van der Waals surface area contributed by atoms with Gasteiger partial charge in [0.25, 0.3) is 0 Å². The van der Waals surface area contributed by atoms with Gasteiger partial charge in [-0.25, -0.2) is 0 Å². The summed E-state index contributed by atoms with van der Waals surface area (Å²) in [7, 11) is -4.67. The van der Waals surface area contributed by atoms with Gasteiger partial charge in [0.05, 0.1) is 0 Å². The maximum atomic E-state index is 8.74. The van der Waals surface area contributed by atoms with Crippen LogP contribution >= 0.6 is 0 Å². The molecule has 44 valence electrons. The molecule has 0 amide bonds. The van der Waals surface area contributed by atoms with Crippen LogP contribution in [0.15, 0.2) is 0 Å². The summed E-state index contributed by atoms with van der Waals surface area (Å²) in [5, 5.41) is 0. The molecule has 0 aliphatic heterocycles. The minimum atomic E-state index is -4.67. The van der Waals surface area contributed by atoms with Gasteiger partial charge in [-0.15, -0.1) is 0 Å². The fraction of sp³-hybridized carbons (Fsp3) is 0. The van der Waals surface area contributed by atoms with Gasteiger partial charge < -0.3 is 0 Å². The molecule has 0 saturated carbocycles. The summed E-state index contributed by atoms with van der Waals surface area (Å²) >= 11 is 0. The summed E-state index contributed by atoms with van der Waals surface area (Å²) < 4.78 is 31.6. The van der Waals surface area contributed by atoms with Crippen molar-refractivity contribution in [1.82, 2.24) is 0 Å². The van der Waals surface area contributed by atoms with Crippen LogP contribution in [0, 0.1) is 0 Å².